The van der Waals surface area contributed by atoms with Gasteiger partial charge in [-0.15, -0.1) is 11.3 Å². The minimum atomic E-state index is -0.489. The van der Waals surface area contributed by atoms with Crippen molar-refractivity contribution in [3.63, 3.8) is 0 Å². The molecule has 0 aliphatic carbocycles. The van der Waals surface area contributed by atoms with Gasteiger partial charge in [-0.05, 0) is 37.1 Å². The third-order valence-electron chi connectivity index (χ3n) is 3.13. The Bertz CT molecular complexity index is 724. The zero-order chi connectivity index (χ0) is 17.0. The lowest BCUT2D eigenvalue weighted by Gasteiger charge is -2.06. The summed E-state index contributed by atoms with van der Waals surface area (Å²) in [7, 11) is 0. The zero-order valence-electron chi connectivity index (χ0n) is 13.2. The van der Waals surface area contributed by atoms with E-state index in [1.807, 2.05) is 13.8 Å². The molecule has 1 amide bonds. The number of hydrogen-bond acceptors (Lipinski definition) is 4. The Morgan fingerprint density at radius 3 is 2.65 bits per heavy atom. The molecule has 0 unspecified atom stereocenters. The third kappa shape index (κ3) is 4.16. The minimum Gasteiger partial charge on any atom is -0.462 e. The van der Waals surface area contributed by atoms with Crippen molar-refractivity contribution in [2.24, 2.45) is 0 Å². The molecule has 0 radical (unpaired) electrons. The molecule has 2 rings (SSSR count). The average Bonchev–Trinajstić information content (AvgIpc) is 2.91. The van der Waals surface area contributed by atoms with E-state index >= 15 is 0 Å². The van der Waals surface area contributed by atoms with Crippen LogP contribution in [0.15, 0.2) is 30.3 Å². The molecule has 0 fully saturated rings. The van der Waals surface area contributed by atoms with Gasteiger partial charge >= 0.3 is 5.97 Å². The van der Waals surface area contributed by atoms with Gasteiger partial charge in [0.1, 0.15) is 10.8 Å². The Labute approximate surface area is 138 Å². The number of anilines is 1. The molecule has 0 saturated heterocycles. The van der Waals surface area contributed by atoms with Gasteiger partial charge in [-0.3, -0.25) is 4.79 Å². The van der Waals surface area contributed by atoms with E-state index in [2.05, 4.69) is 5.32 Å². The van der Waals surface area contributed by atoms with Crippen LogP contribution >= 0.6 is 11.3 Å². The van der Waals surface area contributed by atoms with Crippen LogP contribution in [0.1, 0.15) is 52.3 Å². The van der Waals surface area contributed by atoms with Gasteiger partial charge in [-0.1, -0.05) is 19.9 Å². The van der Waals surface area contributed by atoms with E-state index in [-0.39, 0.29) is 18.1 Å². The average molecular weight is 335 g/mol. The highest BCUT2D eigenvalue weighted by atomic mass is 32.1. The molecule has 0 bridgehead atoms. The molecule has 1 heterocycles. The largest absolute Gasteiger partial charge is 0.462 e. The first kappa shape index (κ1) is 17.1. The Morgan fingerprint density at radius 2 is 2.04 bits per heavy atom. The number of rotatable bonds is 5. The van der Waals surface area contributed by atoms with Gasteiger partial charge in [0.15, 0.2) is 0 Å². The second-order valence-electron chi connectivity index (χ2n) is 5.23. The maximum atomic E-state index is 13.2. The molecule has 0 aliphatic rings. The van der Waals surface area contributed by atoms with Gasteiger partial charge in [0, 0.05) is 10.4 Å². The van der Waals surface area contributed by atoms with Crippen LogP contribution in [0.2, 0.25) is 0 Å². The summed E-state index contributed by atoms with van der Waals surface area (Å²) in [5.74, 6) is -1.22. The highest BCUT2D eigenvalue weighted by molar-refractivity contribution is 7.16. The van der Waals surface area contributed by atoms with E-state index in [0.717, 1.165) is 10.9 Å². The smallest absolute Gasteiger partial charge is 0.341 e. The predicted molar refractivity (Wildman–Crippen MR) is 88.7 cm³/mol. The van der Waals surface area contributed by atoms with Gasteiger partial charge in [-0.2, -0.15) is 0 Å². The second kappa shape index (κ2) is 7.37. The molecule has 1 N–H and O–H groups in total. The van der Waals surface area contributed by atoms with Crippen molar-refractivity contribution >= 4 is 28.2 Å². The monoisotopic (exact) mass is 335 g/mol. The topological polar surface area (TPSA) is 55.4 Å². The van der Waals surface area contributed by atoms with Crippen LogP contribution < -0.4 is 5.32 Å². The fourth-order valence-corrected chi connectivity index (χ4v) is 3.00. The molecule has 0 spiro atoms. The van der Waals surface area contributed by atoms with E-state index in [1.54, 1.807) is 13.0 Å². The van der Waals surface area contributed by atoms with Crippen LogP contribution in [0.4, 0.5) is 9.39 Å². The summed E-state index contributed by atoms with van der Waals surface area (Å²) in [6.07, 6.45) is 0. The maximum Gasteiger partial charge on any atom is 0.341 e. The highest BCUT2D eigenvalue weighted by Crippen LogP contribution is 2.33. The molecular weight excluding hydrogens is 317 g/mol. The first-order valence-corrected chi connectivity index (χ1v) is 8.11. The summed E-state index contributed by atoms with van der Waals surface area (Å²) in [4.78, 5) is 25.3. The summed E-state index contributed by atoms with van der Waals surface area (Å²) in [6.45, 7) is 5.97. The zero-order valence-corrected chi connectivity index (χ0v) is 14.0. The first-order valence-electron chi connectivity index (χ1n) is 7.30. The van der Waals surface area contributed by atoms with Crippen LogP contribution in [-0.4, -0.2) is 18.5 Å². The number of carbonyl (C=O) groups is 2. The van der Waals surface area contributed by atoms with Gasteiger partial charge < -0.3 is 10.1 Å². The number of esters is 1. The molecule has 0 saturated carbocycles. The SMILES string of the molecule is CCOC(=O)c1cc(C(C)C)sc1NC(=O)c1cccc(F)c1. The molecule has 4 nitrogen and oxygen atoms in total. The molecule has 1 aromatic carbocycles. The van der Waals surface area contributed by atoms with Crippen LogP contribution in [0, 0.1) is 5.82 Å². The minimum absolute atomic E-state index is 0.194. The number of ether oxygens (including phenoxy) is 1. The molecule has 122 valence electrons. The Hall–Kier alpha value is -2.21. The third-order valence-corrected chi connectivity index (χ3v) is 4.48. The van der Waals surface area contributed by atoms with Gasteiger partial charge in [0.25, 0.3) is 5.91 Å². The lowest BCUT2D eigenvalue weighted by Crippen LogP contribution is -2.14. The highest BCUT2D eigenvalue weighted by Gasteiger charge is 2.20. The van der Waals surface area contributed by atoms with Crippen molar-refractivity contribution in [1.82, 2.24) is 0 Å². The van der Waals surface area contributed by atoms with E-state index in [1.165, 1.54) is 29.5 Å². The Kier molecular flexibility index (Phi) is 5.50. The normalized spacial score (nSPS) is 10.7. The summed E-state index contributed by atoms with van der Waals surface area (Å²) in [5, 5.41) is 3.10. The van der Waals surface area contributed by atoms with Gasteiger partial charge in [-0.25, -0.2) is 9.18 Å². The number of benzene rings is 1. The number of halogens is 1. The van der Waals surface area contributed by atoms with Crippen LogP contribution in [0.25, 0.3) is 0 Å². The molecule has 23 heavy (non-hydrogen) atoms. The van der Waals surface area contributed by atoms with E-state index in [9.17, 15) is 14.0 Å². The van der Waals surface area contributed by atoms with Gasteiger partial charge in [0.2, 0.25) is 0 Å². The Balaban J connectivity index is 2.30. The van der Waals surface area contributed by atoms with E-state index in [0.29, 0.717) is 10.6 Å². The van der Waals surface area contributed by atoms with Crippen molar-refractivity contribution in [3.05, 3.63) is 52.2 Å². The Morgan fingerprint density at radius 1 is 1.30 bits per heavy atom. The number of nitrogens with one attached hydrogen (secondary N) is 1. The number of amides is 1. The predicted octanol–water partition coefficient (Wildman–Crippen LogP) is 4.44. The number of carbonyl (C=O) groups excluding carboxylic acids is 2. The molecule has 1 aromatic heterocycles. The molecule has 2 aromatic rings. The molecule has 0 aliphatic heterocycles. The standard InChI is InChI=1S/C17H18FNO3S/c1-4-22-17(21)13-9-14(10(2)3)23-16(13)19-15(20)11-6-5-7-12(18)8-11/h5-10H,4H2,1-3H3,(H,19,20). The van der Waals surface area contributed by atoms with Crippen LogP contribution in [0.3, 0.4) is 0 Å². The van der Waals surface area contributed by atoms with Gasteiger partial charge in [0.05, 0.1) is 12.2 Å². The quantitative estimate of drug-likeness (QED) is 0.822. The lowest BCUT2D eigenvalue weighted by atomic mass is 10.1. The van der Waals surface area contributed by atoms with Crippen molar-refractivity contribution in [2.75, 3.05) is 11.9 Å². The molecular formula is C17H18FNO3S. The fraction of sp³-hybridized carbons (Fsp3) is 0.294. The summed E-state index contributed by atoms with van der Waals surface area (Å²) in [6, 6.07) is 7.12. The summed E-state index contributed by atoms with van der Waals surface area (Å²) >= 11 is 1.32. The number of hydrogen-bond donors (Lipinski definition) is 1. The van der Waals surface area contributed by atoms with Crippen molar-refractivity contribution < 1.29 is 18.7 Å². The van der Waals surface area contributed by atoms with Crippen LogP contribution in [-0.2, 0) is 4.74 Å². The summed E-state index contributed by atoms with van der Waals surface area (Å²) in [5.41, 5.74) is 0.518. The van der Waals surface area contributed by atoms with Crippen molar-refractivity contribution in [2.45, 2.75) is 26.7 Å². The second-order valence-corrected chi connectivity index (χ2v) is 6.31. The number of thiophene rings is 1. The summed E-state index contributed by atoms with van der Waals surface area (Å²) < 4.78 is 18.3. The van der Waals surface area contributed by atoms with E-state index in [4.69, 9.17) is 4.74 Å². The fourth-order valence-electron chi connectivity index (χ4n) is 1.95. The van der Waals surface area contributed by atoms with Crippen LogP contribution in [0.5, 0.6) is 0 Å². The van der Waals surface area contributed by atoms with Crippen molar-refractivity contribution in [1.29, 1.82) is 0 Å². The molecule has 0 atom stereocenters. The maximum absolute atomic E-state index is 13.2. The molecule has 6 heteroatoms. The lowest BCUT2D eigenvalue weighted by molar-refractivity contribution is 0.0528. The van der Waals surface area contributed by atoms with Crippen molar-refractivity contribution in [3.8, 4) is 0 Å². The van der Waals surface area contributed by atoms with E-state index < -0.39 is 17.7 Å². The first-order chi connectivity index (χ1) is 10.9.